The maximum atomic E-state index is 11.8. The summed E-state index contributed by atoms with van der Waals surface area (Å²) in [7, 11) is 0. The fourth-order valence-electron chi connectivity index (χ4n) is 1.95. The van der Waals surface area contributed by atoms with Crippen LogP contribution in [0.4, 0.5) is 11.4 Å². The van der Waals surface area contributed by atoms with Gasteiger partial charge in [0, 0.05) is 12.7 Å². The number of rotatable bonds is 3. The molecule has 0 fully saturated rings. The van der Waals surface area contributed by atoms with Crippen molar-refractivity contribution in [2.75, 3.05) is 16.8 Å². The van der Waals surface area contributed by atoms with Gasteiger partial charge < -0.3 is 10.2 Å². The molecule has 0 saturated heterocycles. The number of amides is 1. The van der Waals surface area contributed by atoms with Crippen LogP contribution in [0.15, 0.2) is 31.1 Å². The van der Waals surface area contributed by atoms with Crippen molar-refractivity contribution in [3.63, 3.8) is 0 Å². The summed E-state index contributed by atoms with van der Waals surface area (Å²) in [6.07, 6.45) is 5.38. The van der Waals surface area contributed by atoms with Crippen molar-refractivity contribution in [1.82, 2.24) is 4.98 Å². The number of carbonyl (C=O) groups excluding carboxylic acids is 1. The van der Waals surface area contributed by atoms with Gasteiger partial charge in [0.25, 0.3) is 0 Å². The van der Waals surface area contributed by atoms with Crippen LogP contribution >= 0.6 is 17.0 Å². The molecule has 0 saturated carbocycles. The summed E-state index contributed by atoms with van der Waals surface area (Å²) < 4.78 is 0. The molecule has 1 aromatic heterocycles. The summed E-state index contributed by atoms with van der Waals surface area (Å²) in [6.45, 7) is 8.55. The van der Waals surface area contributed by atoms with Crippen LogP contribution in [0, 0.1) is 5.92 Å². The molecule has 2 rings (SSSR count). The molecule has 2 heterocycles. The predicted octanol–water partition coefficient (Wildman–Crippen LogP) is 2.63. The Labute approximate surface area is 118 Å². The second-order valence-electron chi connectivity index (χ2n) is 4.42. The maximum Gasteiger partial charge on any atom is 0.246 e. The molecule has 98 valence electrons. The summed E-state index contributed by atoms with van der Waals surface area (Å²) in [5.41, 5.74) is 1.81. The van der Waals surface area contributed by atoms with Gasteiger partial charge in [-0.3, -0.25) is 9.78 Å². The van der Waals surface area contributed by atoms with E-state index in [1.807, 2.05) is 19.1 Å². The molecule has 1 amide bonds. The van der Waals surface area contributed by atoms with E-state index in [0.29, 0.717) is 5.92 Å². The van der Waals surface area contributed by atoms with Crippen LogP contribution in [0.2, 0.25) is 0 Å². The molecule has 2 unspecified atom stereocenters. The quantitative estimate of drug-likeness (QED) is 0.873. The molecule has 0 aliphatic carbocycles. The number of hydrogen-bond acceptors (Lipinski definition) is 3. The van der Waals surface area contributed by atoms with Gasteiger partial charge in [0.15, 0.2) is 0 Å². The van der Waals surface area contributed by atoms with Gasteiger partial charge in [-0.2, -0.15) is 0 Å². The van der Waals surface area contributed by atoms with Crippen LogP contribution in [-0.2, 0) is 4.79 Å². The number of nitrogens with one attached hydrogen (secondary N) is 1. The molecule has 0 spiro atoms. The fourth-order valence-corrected chi connectivity index (χ4v) is 1.95. The molecule has 1 N–H and O–H groups in total. The van der Waals surface area contributed by atoms with Crippen molar-refractivity contribution < 1.29 is 4.79 Å². The predicted molar refractivity (Wildman–Crippen MR) is 79.4 cm³/mol. The van der Waals surface area contributed by atoms with E-state index in [1.165, 1.54) is 0 Å². The fraction of sp³-hybridized carbons (Fsp3) is 0.385. The van der Waals surface area contributed by atoms with Gasteiger partial charge in [0.05, 0.1) is 17.6 Å². The lowest BCUT2D eigenvalue weighted by Gasteiger charge is -2.37. The minimum Gasteiger partial charge on any atom is -0.356 e. The number of pyridine rings is 1. The van der Waals surface area contributed by atoms with Crippen molar-refractivity contribution in [3.05, 3.63) is 31.1 Å². The number of halogens is 1. The molecule has 1 aliphatic rings. The summed E-state index contributed by atoms with van der Waals surface area (Å²) in [4.78, 5) is 18.0. The molecule has 18 heavy (non-hydrogen) atoms. The number of nitrogens with zero attached hydrogens (tertiary/aromatic N) is 2. The number of fused-ring (bicyclic) bond motifs is 1. The topological polar surface area (TPSA) is 45.2 Å². The van der Waals surface area contributed by atoms with Crippen LogP contribution in [0.3, 0.4) is 0 Å². The van der Waals surface area contributed by atoms with Gasteiger partial charge in [-0.1, -0.05) is 13.0 Å². The third kappa shape index (κ3) is 2.72. The molecule has 1 aliphatic heterocycles. The third-order valence-corrected chi connectivity index (χ3v) is 3.10. The van der Waals surface area contributed by atoms with Gasteiger partial charge in [0.2, 0.25) is 5.91 Å². The first-order valence-corrected chi connectivity index (χ1v) is 5.77. The Morgan fingerprint density at radius 1 is 1.67 bits per heavy atom. The highest BCUT2D eigenvalue weighted by Gasteiger charge is 2.29. The number of carbonyl (C=O) groups is 1. The SMILES string of the molecule is Br.C=CC(C)CN1c2cnccc2NC(=O)C1C. The lowest BCUT2D eigenvalue weighted by Crippen LogP contribution is -2.47. The lowest BCUT2D eigenvalue weighted by atomic mass is 10.1. The van der Waals surface area contributed by atoms with Gasteiger partial charge >= 0.3 is 0 Å². The van der Waals surface area contributed by atoms with Crippen molar-refractivity contribution in [2.45, 2.75) is 19.9 Å². The molecule has 0 aromatic carbocycles. The van der Waals surface area contributed by atoms with E-state index >= 15 is 0 Å². The Morgan fingerprint density at radius 3 is 3.06 bits per heavy atom. The second-order valence-corrected chi connectivity index (χ2v) is 4.42. The maximum absolute atomic E-state index is 11.8. The summed E-state index contributed by atoms with van der Waals surface area (Å²) in [5.74, 6) is 0.358. The zero-order valence-corrected chi connectivity index (χ0v) is 12.3. The minimum atomic E-state index is -0.172. The van der Waals surface area contributed by atoms with Gasteiger partial charge in [-0.25, -0.2) is 0 Å². The molecule has 5 heteroatoms. The van der Waals surface area contributed by atoms with Crippen LogP contribution in [0.5, 0.6) is 0 Å². The highest BCUT2D eigenvalue weighted by atomic mass is 79.9. The number of anilines is 2. The Bertz CT molecular complexity index is 450. The lowest BCUT2D eigenvalue weighted by molar-refractivity contribution is -0.117. The average molecular weight is 312 g/mol. The van der Waals surface area contributed by atoms with Crippen LogP contribution < -0.4 is 10.2 Å². The van der Waals surface area contributed by atoms with E-state index < -0.39 is 0 Å². The van der Waals surface area contributed by atoms with Gasteiger partial charge in [-0.05, 0) is 18.9 Å². The van der Waals surface area contributed by atoms with E-state index in [4.69, 9.17) is 0 Å². The van der Waals surface area contributed by atoms with Crippen molar-refractivity contribution in [3.8, 4) is 0 Å². The van der Waals surface area contributed by atoms with Crippen molar-refractivity contribution >= 4 is 34.3 Å². The summed E-state index contributed by atoms with van der Waals surface area (Å²) >= 11 is 0. The zero-order valence-electron chi connectivity index (χ0n) is 10.6. The first kappa shape index (κ1) is 14.7. The van der Waals surface area contributed by atoms with Gasteiger partial charge in [-0.15, -0.1) is 23.6 Å². The highest BCUT2D eigenvalue weighted by Crippen LogP contribution is 2.31. The Kier molecular flexibility index (Phi) is 4.90. The average Bonchev–Trinajstić information content (AvgIpc) is 2.34. The summed E-state index contributed by atoms with van der Waals surface area (Å²) in [5, 5.41) is 2.88. The first-order valence-electron chi connectivity index (χ1n) is 5.77. The molecule has 4 nitrogen and oxygen atoms in total. The van der Waals surface area contributed by atoms with Crippen molar-refractivity contribution in [2.24, 2.45) is 5.92 Å². The standard InChI is InChI=1S/C13H17N3O.BrH/c1-4-9(2)8-16-10(3)13(17)15-11-5-6-14-7-12(11)16;/h4-7,9-10H,1,8H2,2-3H3,(H,15,17);1H. The zero-order chi connectivity index (χ0) is 12.4. The Balaban J connectivity index is 0.00000162. The highest BCUT2D eigenvalue weighted by molar-refractivity contribution is 8.93. The largest absolute Gasteiger partial charge is 0.356 e. The normalized spacial score (nSPS) is 19.3. The first-order chi connectivity index (χ1) is 8.13. The van der Waals surface area contributed by atoms with Crippen molar-refractivity contribution in [1.29, 1.82) is 0 Å². The molecule has 1 aromatic rings. The molecular formula is C13H18BrN3O. The van der Waals surface area contributed by atoms with E-state index in [-0.39, 0.29) is 28.9 Å². The smallest absolute Gasteiger partial charge is 0.246 e. The monoisotopic (exact) mass is 311 g/mol. The van der Waals surface area contributed by atoms with E-state index in [0.717, 1.165) is 17.9 Å². The van der Waals surface area contributed by atoms with E-state index in [2.05, 4.69) is 28.7 Å². The Hall–Kier alpha value is -1.36. The molecule has 2 atom stereocenters. The minimum absolute atomic E-state index is 0. The Morgan fingerprint density at radius 2 is 2.39 bits per heavy atom. The molecule has 0 radical (unpaired) electrons. The van der Waals surface area contributed by atoms with E-state index in [9.17, 15) is 4.79 Å². The third-order valence-electron chi connectivity index (χ3n) is 3.10. The number of aromatic nitrogens is 1. The van der Waals surface area contributed by atoms with Crippen LogP contribution in [0.25, 0.3) is 0 Å². The molecule has 0 bridgehead atoms. The van der Waals surface area contributed by atoms with Crippen LogP contribution in [0.1, 0.15) is 13.8 Å². The van der Waals surface area contributed by atoms with E-state index in [1.54, 1.807) is 12.4 Å². The number of hydrogen-bond donors (Lipinski definition) is 1. The second kappa shape index (κ2) is 6.00. The molecular weight excluding hydrogens is 294 g/mol. The van der Waals surface area contributed by atoms with Crippen LogP contribution in [-0.4, -0.2) is 23.5 Å². The summed E-state index contributed by atoms with van der Waals surface area (Å²) in [6, 6.07) is 1.65. The van der Waals surface area contributed by atoms with Gasteiger partial charge in [0.1, 0.15) is 6.04 Å².